The number of methoxy groups -OCH3 is 1. The summed E-state index contributed by atoms with van der Waals surface area (Å²) in [6, 6.07) is 0. The Morgan fingerprint density at radius 2 is 2.36 bits per heavy atom. The normalized spacial score (nSPS) is 28.7. The van der Waals surface area contributed by atoms with E-state index in [0.29, 0.717) is 6.42 Å². The Bertz CT molecular complexity index is 189. The monoisotopic (exact) mass is 158 g/mol. The highest BCUT2D eigenvalue weighted by Crippen LogP contribution is 2.32. The van der Waals surface area contributed by atoms with Crippen LogP contribution in [0, 0.1) is 0 Å². The third kappa shape index (κ3) is 1.08. The molecule has 0 spiro atoms. The molecule has 0 aliphatic carbocycles. The van der Waals surface area contributed by atoms with Gasteiger partial charge in [0, 0.05) is 0 Å². The van der Waals surface area contributed by atoms with Gasteiger partial charge in [-0.05, 0) is 6.42 Å². The first-order valence-electron chi connectivity index (χ1n) is 3.45. The zero-order valence-corrected chi connectivity index (χ0v) is 6.55. The Morgan fingerprint density at radius 3 is 2.64 bits per heavy atom. The number of hydrogen-bond donors (Lipinski definition) is 0. The zero-order chi connectivity index (χ0) is 8.48. The van der Waals surface area contributed by atoms with E-state index in [1.165, 1.54) is 7.11 Å². The molecular weight excluding hydrogens is 148 g/mol. The van der Waals surface area contributed by atoms with E-state index in [0.717, 1.165) is 0 Å². The van der Waals surface area contributed by atoms with Gasteiger partial charge in [-0.2, -0.15) is 0 Å². The van der Waals surface area contributed by atoms with E-state index in [9.17, 15) is 9.59 Å². The Hall–Kier alpha value is -1.06. The molecule has 1 fully saturated rings. The van der Waals surface area contributed by atoms with E-state index in [1.807, 2.05) is 0 Å². The summed E-state index contributed by atoms with van der Waals surface area (Å²) >= 11 is 0. The Balaban J connectivity index is 2.64. The van der Waals surface area contributed by atoms with Crippen LogP contribution in [0.15, 0.2) is 0 Å². The topological polar surface area (TPSA) is 52.6 Å². The fourth-order valence-corrected chi connectivity index (χ4v) is 1.08. The molecule has 1 aliphatic rings. The summed E-state index contributed by atoms with van der Waals surface area (Å²) in [5.74, 6) is -0.795. The Morgan fingerprint density at radius 1 is 1.82 bits per heavy atom. The minimum Gasteiger partial charge on any atom is -0.466 e. The van der Waals surface area contributed by atoms with Gasteiger partial charge in [-0.15, -0.1) is 0 Å². The highest BCUT2D eigenvalue weighted by molar-refractivity contribution is 5.93. The Kier molecular flexibility index (Phi) is 1.85. The van der Waals surface area contributed by atoms with Crippen LogP contribution in [0.2, 0.25) is 0 Å². The van der Waals surface area contributed by atoms with Crippen molar-refractivity contribution >= 4 is 11.9 Å². The van der Waals surface area contributed by atoms with Gasteiger partial charge in [0.05, 0.1) is 13.5 Å². The first-order chi connectivity index (χ1) is 5.14. The summed E-state index contributed by atoms with van der Waals surface area (Å²) in [5.41, 5.74) is -0.966. The van der Waals surface area contributed by atoms with Crippen LogP contribution in [0.4, 0.5) is 0 Å². The van der Waals surface area contributed by atoms with Gasteiger partial charge in [-0.25, -0.2) is 4.79 Å². The van der Waals surface area contributed by atoms with Crippen LogP contribution in [-0.4, -0.2) is 24.6 Å². The van der Waals surface area contributed by atoms with Crippen LogP contribution in [0.5, 0.6) is 0 Å². The van der Waals surface area contributed by atoms with Crippen LogP contribution < -0.4 is 0 Å². The molecule has 1 rings (SSSR count). The van der Waals surface area contributed by atoms with E-state index in [1.54, 1.807) is 6.92 Å². The molecule has 4 nitrogen and oxygen atoms in total. The number of ether oxygens (including phenoxy) is 2. The van der Waals surface area contributed by atoms with Crippen LogP contribution in [0.3, 0.4) is 0 Å². The molecule has 62 valence electrons. The molecule has 1 atom stereocenters. The SMILES string of the molecule is CC[C@@]1(C(=O)OC)CC(=O)O1. The molecule has 1 saturated heterocycles. The molecule has 4 heteroatoms. The maximum absolute atomic E-state index is 11.0. The number of hydrogen-bond acceptors (Lipinski definition) is 4. The number of cyclic esters (lactones) is 1. The lowest BCUT2D eigenvalue weighted by Gasteiger charge is -2.36. The molecular formula is C7H10O4. The summed E-state index contributed by atoms with van der Waals surface area (Å²) in [5, 5.41) is 0. The lowest BCUT2D eigenvalue weighted by molar-refractivity contribution is -0.206. The molecule has 0 aromatic carbocycles. The predicted octanol–water partition coefficient (Wildman–Crippen LogP) is 0.255. The number of rotatable bonds is 2. The van der Waals surface area contributed by atoms with Crippen molar-refractivity contribution in [3.63, 3.8) is 0 Å². The second-order valence-electron chi connectivity index (χ2n) is 2.49. The van der Waals surface area contributed by atoms with Gasteiger partial charge in [0.15, 0.2) is 0 Å². The second-order valence-corrected chi connectivity index (χ2v) is 2.49. The summed E-state index contributed by atoms with van der Waals surface area (Å²) in [4.78, 5) is 21.5. The van der Waals surface area contributed by atoms with Crippen LogP contribution >= 0.6 is 0 Å². The molecule has 0 aromatic heterocycles. The fraction of sp³-hybridized carbons (Fsp3) is 0.714. The molecule has 0 unspecified atom stereocenters. The first-order valence-corrected chi connectivity index (χ1v) is 3.45. The van der Waals surface area contributed by atoms with Crippen molar-refractivity contribution in [2.24, 2.45) is 0 Å². The quantitative estimate of drug-likeness (QED) is 0.541. The molecule has 1 heterocycles. The van der Waals surface area contributed by atoms with Crippen molar-refractivity contribution in [1.82, 2.24) is 0 Å². The van der Waals surface area contributed by atoms with Gasteiger partial charge >= 0.3 is 11.9 Å². The summed E-state index contributed by atoms with van der Waals surface area (Å²) in [6.07, 6.45) is 0.627. The largest absolute Gasteiger partial charge is 0.466 e. The smallest absolute Gasteiger partial charge is 0.350 e. The van der Waals surface area contributed by atoms with Crippen molar-refractivity contribution in [2.45, 2.75) is 25.4 Å². The van der Waals surface area contributed by atoms with Gasteiger partial charge in [-0.1, -0.05) is 6.92 Å². The molecule has 0 radical (unpaired) electrons. The minimum atomic E-state index is -0.966. The number of carbonyl (C=O) groups is 2. The maximum atomic E-state index is 11.0. The standard InChI is InChI=1S/C7H10O4/c1-3-7(6(9)10-2)4-5(8)11-7/h3-4H2,1-2H3/t7-/m0/s1. The van der Waals surface area contributed by atoms with Gasteiger partial charge in [-0.3, -0.25) is 4.79 Å². The third-order valence-electron chi connectivity index (χ3n) is 1.87. The lowest BCUT2D eigenvalue weighted by Crippen LogP contribution is -2.53. The second kappa shape index (κ2) is 2.53. The predicted molar refractivity (Wildman–Crippen MR) is 35.7 cm³/mol. The zero-order valence-electron chi connectivity index (χ0n) is 6.55. The van der Waals surface area contributed by atoms with Crippen molar-refractivity contribution in [3.05, 3.63) is 0 Å². The van der Waals surface area contributed by atoms with Gasteiger partial charge in [0.1, 0.15) is 0 Å². The highest BCUT2D eigenvalue weighted by Gasteiger charge is 2.52. The average molecular weight is 158 g/mol. The van der Waals surface area contributed by atoms with Crippen LogP contribution in [0.25, 0.3) is 0 Å². The van der Waals surface area contributed by atoms with Gasteiger partial charge < -0.3 is 9.47 Å². The summed E-state index contributed by atoms with van der Waals surface area (Å²) < 4.78 is 9.20. The third-order valence-corrected chi connectivity index (χ3v) is 1.87. The van der Waals surface area contributed by atoms with E-state index in [4.69, 9.17) is 4.74 Å². The van der Waals surface area contributed by atoms with Crippen LogP contribution in [-0.2, 0) is 19.1 Å². The fourth-order valence-electron chi connectivity index (χ4n) is 1.08. The minimum absolute atomic E-state index is 0.149. The van der Waals surface area contributed by atoms with Gasteiger partial charge in [0.2, 0.25) is 5.60 Å². The molecule has 0 amide bonds. The summed E-state index contributed by atoms with van der Waals surface area (Å²) in [6.45, 7) is 1.78. The van der Waals surface area contributed by atoms with Crippen molar-refractivity contribution < 1.29 is 19.1 Å². The molecule has 0 bridgehead atoms. The van der Waals surface area contributed by atoms with Crippen molar-refractivity contribution in [2.75, 3.05) is 7.11 Å². The van der Waals surface area contributed by atoms with Crippen LogP contribution in [0.1, 0.15) is 19.8 Å². The van der Waals surface area contributed by atoms with Crippen molar-refractivity contribution in [1.29, 1.82) is 0 Å². The average Bonchev–Trinajstić information content (AvgIpc) is 1.96. The van der Waals surface area contributed by atoms with E-state index < -0.39 is 11.6 Å². The molecule has 0 saturated carbocycles. The van der Waals surface area contributed by atoms with E-state index >= 15 is 0 Å². The number of esters is 2. The molecule has 11 heavy (non-hydrogen) atoms. The summed E-state index contributed by atoms with van der Waals surface area (Å²) in [7, 11) is 1.28. The Labute approximate surface area is 64.5 Å². The maximum Gasteiger partial charge on any atom is 0.350 e. The number of carbonyl (C=O) groups excluding carboxylic acids is 2. The highest BCUT2D eigenvalue weighted by atomic mass is 16.6. The lowest BCUT2D eigenvalue weighted by atomic mass is 9.91. The first kappa shape index (κ1) is 8.04. The van der Waals surface area contributed by atoms with E-state index in [2.05, 4.69) is 4.74 Å². The molecule has 0 aromatic rings. The molecule has 1 aliphatic heterocycles. The van der Waals surface area contributed by atoms with Crippen molar-refractivity contribution in [3.8, 4) is 0 Å². The molecule has 0 N–H and O–H groups in total. The van der Waals surface area contributed by atoms with E-state index in [-0.39, 0.29) is 12.4 Å². The van der Waals surface area contributed by atoms with Gasteiger partial charge in [0.25, 0.3) is 0 Å².